The first kappa shape index (κ1) is 24.8. The molecule has 0 N–H and O–H groups in total. The summed E-state index contributed by atoms with van der Waals surface area (Å²) in [5.41, 5.74) is 3.71. The molecule has 0 aromatic heterocycles. The summed E-state index contributed by atoms with van der Waals surface area (Å²) in [4.78, 5) is 7.96. The van der Waals surface area contributed by atoms with Crippen molar-refractivity contribution in [1.82, 2.24) is 4.90 Å². The number of nitrogens with zero attached hydrogens (tertiary/aromatic N) is 3. The van der Waals surface area contributed by atoms with Gasteiger partial charge in [0.05, 0.1) is 17.3 Å². The molecule has 0 aliphatic carbocycles. The van der Waals surface area contributed by atoms with Gasteiger partial charge in [-0.15, -0.1) is 19.2 Å². The van der Waals surface area contributed by atoms with Gasteiger partial charge in [-0.2, -0.15) is 0 Å². The zero-order valence-corrected chi connectivity index (χ0v) is 21.0. The van der Waals surface area contributed by atoms with E-state index in [4.69, 9.17) is 16.3 Å². The fourth-order valence-electron chi connectivity index (χ4n) is 4.12. The molecule has 0 radical (unpaired) electrons. The van der Waals surface area contributed by atoms with E-state index in [0.717, 1.165) is 86.4 Å². The molecule has 1 aliphatic rings. The van der Waals surface area contributed by atoms with Crippen LogP contribution in [0, 0.1) is 0 Å². The van der Waals surface area contributed by atoms with Crippen molar-refractivity contribution in [2.24, 2.45) is 0 Å². The lowest BCUT2D eigenvalue weighted by Gasteiger charge is -2.36. The average Bonchev–Trinajstić information content (AvgIpc) is 2.80. The molecular formula is C26H36ClN3OS. The first-order valence-corrected chi connectivity index (χ1v) is 12.3. The number of halogens is 1. The van der Waals surface area contributed by atoms with Crippen LogP contribution in [-0.4, -0.2) is 58.3 Å². The van der Waals surface area contributed by atoms with Crippen molar-refractivity contribution in [3.05, 3.63) is 59.6 Å². The van der Waals surface area contributed by atoms with Gasteiger partial charge in [0.15, 0.2) is 0 Å². The molecule has 6 heteroatoms. The minimum absolute atomic E-state index is 0.720. The Kier molecular flexibility index (Phi) is 9.64. The van der Waals surface area contributed by atoms with E-state index < -0.39 is 0 Å². The number of rotatable bonds is 11. The van der Waals surface area contributed by atoms with Crippen LogP contribution in [0.2, 0.25) is 5.02 Å². The van der Waals surface area contributed by atoms with E-state index in [1.165, 1.54) is 11.3 Å². The zero-order chi connectivity index (χ0) is 22.9. The summed E-state index contributed by atoms with van der Waals surface area (Å²) >= 11 is 10.8. The quantitative estimate of drug-likeness (QED) is 0.252. The molecule has 32 heavy (non-hydrogen) atoms. The summed E-state index contributed by atoms with van der Waals surface area (Å²) in [5, 5.41) is 0.720. The lowest BCUT2D eigenvalue weighted by atomic mass is 10.1. The molecule has 3 rings (SSSR count). The van der Waals surface area contributed by atoms with E-state index in [9.17, 15) is 0 Å². The molecule has 0 amide bonds. The van der Waals surface area contributed by atoms with Crippen molar-refractivity contribution >= 4 is 35.6 Å². The van der Waals surface area contributed by atoms with Crippen LogP contribution < -0.4 is 14.5 Å². The second-order valence-corrected chi connectivity index (χ2v) is 9.36. The van der Waals surface area contributed by atoms with Gasteiger partial charge in [0.2, 0.25) is 0 Å². The van der Waals surface area contributed by atoms with Crippen LogP contribution in [0.5, 0.6) is 5.75 Å². The Morgan fingerprint density at radius 3 is 2.62 bits per heavy atom. The predicted molar refractivity (Wildman–Crippen MR) is 141 cm³/mol. The van der Waals surface area contributed by atoms with Crippen molar-refractivity contribution in [3.8, 4) is 5.75 Å². The van der Waals surface area contributed by atoms with Gasteiger partial charge in [0.1, 0.15) is 5.75 Å². The number of hydrogen-bond donors (Lipinski definition) is 1. The maximum atomic E-state index is 6.22. The second-order valence-electron chi connectivity index (χ2n) is 8.50. The van der Waals surface area contributed by atoms with Crippen molar-refractivity contribution < 1.29 is 4.74 Å². The van der Waals surface area contributed by atoms with Gasteiger partial charge in [0, 0.05) is 56.9 Å². The van der Waals surface area contributed by atoms with Crippen LogP contribution in [0.15, 0.2) is 53.9 Å². The van der Waals surface area contributed by atoms with Crippen LogP contribution in [0.25, 0.3) is 0 Å². The summed E-state index contributed by atoms with van der Waals surface area (Å²) in [6, 6.07) is 12.4. The maximum Gasteiger partial charge on any atom is 0.121 e. The fraction of sp³-hybridized carbons (Fsp3) is 0.462. The Labute approximate surface area is 204 Å². The number of anilines is 2. The molecule has 1 aliphatic heterocycles. The Balaban J connectivity index is 1.38. The number of unbranched alkanes of at least 4 members (excludes halogenated alkanes) is 1. The van der Waals surface area contributed by atoms with Crippen LogP contribution in [0.3, 0.4) is 0 Å². The van der Waals surface area contributed by atoms with Gasteiger partial charge in [-0.3, -0.25) is 4.90 Å². The van der Waals surface area contributed by atoms with Crippen molar-refractivity contribution in [2.75, 3.05) is 63.2 Å². The number of ether oxygens (including phenoxy) is 1. The Morgan fingerprint density at radius 2 is 1.91 bits per heavy atom. The van der Waals surface area contributed by atoms with E-state index in [1.54, 1.807) is 0 Å². The number of thiol groups is 1. The van der Waals surface area contributed by atoms with Crippen LogP contribution in [-0.2, 0) is 6.42 Å². The second kappa shape index (κ2) is 12.4. The maximum absolute atomic E-state index is 6.22. The van der Waals surface area contributed by atoms with Gasteiger partial charge in [-0.1, -0.05) is 29.8 Å². The number of aryl methyl sites for hydroxylation is 1. The lowest BCUT2D eigenvalue weighted by Crippen LogP contribution is -2.46. The molecule has 1 saturated heterocycles. The van der Waals surface area contributed by atoms with Gasteiger partial charge in [-0.25, -0.2) is 0 Å². The lowest BCUT2D eigenvalue weighted by molar-refractivity contribution is 0.238. The molecule has 0 bridgehead atoms. The predicted octanol–water partition coefficient (Wildman–Crippen LogP) is 5.79. The molecule has 0 atom stereocenters. The highest BCUT2D eigenvalue weighted by Gasteiger charge is 2.19. The topological polar surface area (TPSA) is 19.0 Å². The van der Waals surface area contributed by atoms with Crippen molar-refractivity contribution in [1.29, 1.82) is 0 Å². The largest absolute Gasteiger partial charge is 0.494 e. The first-order chi connectivity index (χ1) is 15.5. The van der Waals surface area contributed by atoms with E-state index in [1.807, 2.05) is 18.2 Å². The number of piperazine rings is 1. The summed E-state index contributed by atoms with van der Waals surface area (Å²) < 4.78 is 6.05. The SMILES string of the molecule is C=CCCc1ccc(OCCCCN2CCN(c3cccc(Cl)c3S)CC2)cc1N(C)C. The summed E-state index contributed by atoms with van der Waals surface area (Å²) in [7, 11) is 4.17. The number of allylic oxidation sites excluding steroid dienone is 1. The smallest absolute Gasteiger partial charge is 0.121 e. The molecule has 1 heterocycles. The molecule has 1 fully saturated rings. The highest BCUT2D eigenvalue weighted by atomic mass is 35.5. The zero-order valence-electron chi connectivity index (χ0n) is 19.4. The molecule has 0 saturated carbocycles. The van der Waals surface area contributed by atoms with E-state index in [-0.39, 0.29) is 0 Å². The molecule has 174 valence electrons. The van der Waals surface area contributed by atoms with E-state index in [0.29, 0.717) is 0 Å². The normalized spacial score (nSPS) is 14.4. The van der Waals surface area contributed by atoms with Crippen LogP contribution >= 0.6 is 24.2 Å². The van der Waals surface area contributed by atoms with Crippen LogP contribution in [0.4, 0.5) is 11.4 Å². The molecule has 0 unspecified atom stereocenters. The third-order valence-electron chi connectivity index (χ3n) is 5.97. The number of hydrogen-bond acceptors (Lipinski definition) is 5. The minimum atomic E-state index is 0.720. The Bertz CT molecular complexity index is 881. The van der Waals surface area contributed by atoms with Gasteiger partial charge in [-0.05, 0) is 56.0 Å². The third-order valence-corrected chi connectivity index (χ3v) is 6.89. The van der Waals surface area contributed by atoms with Crippen LogP contribution in [0.1, 0.15) is 24.8 Å². The van der Waals surface area contributed by atoms with Crippen molar-refractivity contribution in [2.45, 2.75) is 30.6 Å². The molecule has 4 nitrogen and oxygen atoms in total. The Morgan fingerprint density at radius 1 is 1.12 bits per heavy atom. The minimum Gasteiger partial charge on any atom is -0.494 e. The summed E-state index contributed by atoms with van der Waals surface area (Å²) in [5.74, 6) is 0.953. The van der Waals surface area contributed by atoms with Crippen molar-refractivity contribution in [3.63, 3.8) is 0 Å². The van der Waals surface area contributed by atoms with Gasteiger partial charge in [0.25, 0.3) is 0 Å². The van der Waals surface area contributed by atoms with Gasteiger partial charge < -0.3 is 14.5 Å². The fourth-order valence-corrected chi connectivity index (χ4v) is 4.58. The monoisotopic (exact) mass is 473 g/mol. The first-order valence-electron chi connectivity index (χ1n) is 11.5. The summed E-state index contributed by atoms with van der Waals surface area (Å²) in [6.45, 7) is 9.86. The summed E-state index contributed by atoms with van der Waals surface area (Å²) in [6.07, 6.45) is 6.18. The third kappa shape index (κ3) is 6.84. The Hall–Kier alpha value is -1.82. The number of benzene rings is 2. The highest BCUT2D eigenvalue weighted by Crippen LogP contribution is 2.31. The standard InChI is InChI=1S/C26H36ClN3OS/c1-4-5-9-21-12-13-22(20-25(21)28(2)3)31-19-7-6-14-29-15-17-30(18-16-29)24-11-8-10-23(27)26(24)32/h4,8,10-13,20,32H,1,5-7,9,14-19H2,2-3H3. The highest BCUT2D eigenvalue weighted by molar-refractivity contribution is 7.80. The average molecular weight is 474 g/mol. The van der Waals surface area contributed by atoms with Gasteiger partial charge >= 0.3 is 0 Å². The molecule has 2 aromatic rings. The van der Waals surface area contributed by atoms with E-state index >= 15 is 0 Å². The van der Waals surface area contributed by atoms with E-state index in [2.05, 4.69) is 72.3 Å². The molecule has 2 aromatic carbocycles. The molecular weight excluding hydrogens is 438 g/mol. The molecule has 0 spiro atoms.